The van der Waals surface area contributed by atoms with Gasteiger partial charge in [0.15, 0.2) is 0 Å². The van der Waals surface area contributed by atoms with E-state index in [4.69, 9.17) is 16.3 Å². The zero-order valence-corrected chi connectivity index (χ0v) is 23.7. The molecule has 2 fully saturated rings. The van der Waals surface area contributed by atoms with Crippen LogP contribution in [0.5, 0.6) is 0 Å². The molecule has 4 aromatic rings. The van der Waals surface area contributed by atoms with Crippen molar-refractivity contribution < 1.29 is 14.3 Å². The number of hydrogen-bond acceptors (Lipinski definition) is 6. The van der Waals surface area contributed by atoms with Gasteiger partial charge in [0.05, 0.1) is 29.5 Å². The van der Waals surface area contributed by atoms with E-state index >= 15 is 0 Å². The van der Waals surface area contributed by atoms with Crippen LogP contribution in [0.2, 0.25) is 5.02 Å². The molecule has 40 heavy (non-hydrogen) atoms. The van der Waals surface area contributed by atoms with Crippen molar-refractivity contribution in [3.05, 3.63) is 81.8 Å². The number of aromatic nitrogens is 1. The van der Waals surface area contributed by atoms with Crippen LogP contribution >= 0.6 is 22.9 Å². The molecule has 3 aliphatic rings. The van der Waals surface area contributed by atoms with Gasteiger partial charge in [0, 0.05) is 58.3 Å². The van der Waals surface area contributed by atoms with Crippen LogP contribution in [0.25, 0.3) is 21.3 Å². The maximum absolute atomic E-state index is 12.2. The molecule has 0 spiro atoms. The molecule has 2 aromatic carbocycles. The third kappa shape index (κ3) is 4.80. The molecule has 4 heterocycles. The van der Waals surface area contributed by atoms with E-state index in [0.29, 0.717) is 32.0 Å². The minimum absolute atomic E-state index is 0.0956. The van der Waals surface area contributed by atoms with Crippen molar-refractivity contribution in [2.24, 2.45) is 0 Å². The minimum atomic E-state index is -0.0956. The van der Waals surface area contributed by atoms with Gasteiger partial charge in [-0.05, 0) is 61.1 Å². The summed E-state index contributed by atoms with van der Waals surface area (Å²) in [6, 6.07) is 19.1. The molecule has 0 bridgehead atoms. The Balaban J connectivity index is 1.18. The molecule has 2 aliphatic heterocycles. The Labute approximate surface area is 242 Å². The van der Waals surface area contributed by atoms with E-state index < -0.39 is 0 Å². The second-order valence-electron chi connectivity index (χ2n) is 11.0. The van der Waals surface area contributed by atoms with Gasteiger partial charge in [-0.1, -0.05) is 41.9 Å². The van der Waals surface area contributed by atoms with Crippen LogP contribution in [0.1, 0.15) is 48.1 Å². The second-order valence-corrected chi connectivity index (χ2v) is 12.5. The van der Waals surface area contributed by atoms with Crippen molar-refractivity contribution in [3.8, 4) is 11.1 Å². The first-order valence-corrected chi connectivity index (χ1v) is 15.2. The van der Waals surface area contributed by atoms with Gasteiger partial charge in [-0.25, -0.2) is 0 Å². The van der Waals surface area contributed by atoms with Crippen LogP contribution in [-0.2, 0) is 33.9 Å². The molecule has 8 heteroatoms. The van der Waals surface area contributed by atoms with Crippen molar-refractivity contribution in [1.82, 2.24) is 9.88 Å². The molecule has 1 saturated heterocycles. The topological polar surface area (TPSA) is 62.7 Å². The van der Waals surface area contributed by atoms with E-state index in [9.17, 15) is 9.59 Å². The first-order chi connectivity index (χ1) is 19.5. The van der Waals surface area contributed by atoms with Crippen molar-refractivity contribution >= 4 is 50.7 Å². The lowest BCUT2D eigenvalue weighted by atomic mass is 9.84. The number of imide groups is 1. The largest absolute Gasteiger partial charge is 0.373 e. The summed E-state index contributed by atoms with van der Waals surface area (Å²) >= 11 is 8.31. The van der Waals surface area contributed by atoms with Gasteiger partial charge in [-0.3, -0.25) is 19.5 Å². The van der Waals surface area contributed by atoms with E-state index in [2.05, 4.69) is 52.3 Å². The SMILES string of the molecule is O=C1CCC(=O)N1Cc1cc2nccc(-c3cc(Cl)cc4c3N(C3CC(OCc5ccccc5)C3)CCC4)c2s1. The summed E-state index contributed by atoms with van der Waals surface area (Å²) in [5.41, 5.74) is 6.88. The molecule has 7 rings (SSSR count). The second kappa shape index (κ2) is 10.6. The zero-order chi connectivity index (χ0) is 27.2. The van der Waals surface area contributed by atoms with Crippen molar-refractivity contribution in [3.63, 3.8) is 0 Å². The van der Waals surface area contributed by atoms with E-state index in [1.54, 1.807) is 11.3 Å². The highest BCUT2D eigenvalue weighted by molar-refractivity contribution is 7.19. The fraction of sp³-hybridized carbons (Fsp3) is 0.344. The van der Waals surface area contributed by atoms with Crippen LogP contribution in [0.4, 0.5) is 5.69 Å². The Kier molecular flexibility index (Phi) is 6.82. The summed E-state index contributed by atoms with van der Waals surface area (Å²) in [5, 5.41) is 0.739. The number of anilines is 1. The predicted molar refractivity (Wildman–Crippen MR) is 159 cm³/mol. The van der Waals surface area contributed by atoms with Gasteiger partial charge < -0.3 is 9.64 Å². The van der Waals surface area contributed by atoms with E-state index in [1.807, 2.05) is 18.3 Å². The number of carbonyl (C=O) groups is 2. The Morgan fingerprint density at radius 2 is 1.77 bits per heavy atom. The fourth-order valence-corrected chi connectivity index (χ4v) is 7.63. The van der Waals surface area contributed by atoms with Gasteiger partial charge in [-0.2, -0.15) is 0 Å². The summed E-state index contributed by atoms with van der Waals surface area (Å²) in [7, 11) is 0. The lowest BCUT2D eigenvalue weighted by Crippen LogP contribution is -2.50. The quantitative estimate of drug-likeness (QED) is 0.229. The van der Waals surface area contributed by atoms with Crippen molar-refractivity contribution in [1.29, 1.82) is 0 Å². The van der Waals surface area contributed by atoms with Crippen LogP contribution < -0.4 is 4.90 Å². The fourth-order valence-electron chi connectivity index (χ4n) is 6.26. The predicted octanol–water partition coefficient (Wildman–Crippen LogP) is 6.77. The summed E-state index contributed by atoms with van der Waals surface area (Å²) in [4.78, 5) is 34.0. The first-order valence-electron chi connectivity index (χ1n) is 14.0. The average Bonchev–Trinajstić information content (AvgIpc) is 3.50. The van der Waals surface area contributed by atoms with Crippen LogP contribution in [0.15, 0.2) is 60.8 Å². The number of halogens is 1. The smallest absolute Gasteiger partial charge is 0.230 e. The number of aryl methyl sites for hydroxylation is 1. The van der Waals surface area contributed by atoms with Gasteiger partial charge >= 0.3 is 0 Å². The van der Waals surface area contributed by atoms with E-state index in [1.165, 1.54) is 21.7 Å². The molecule has 0 radical (unpaired) electrons. The number of benzene rings is 2. The van der Waals surface area contributed by atoms with E-state index in [0.717, 1.165) is 63.5 Å². The average molecular weight is 572 g/mol. The lowest BCUT2D eigenvalue weighted by Gasteiger charge is -2.47. The third-order valence-corrected chi connectivity index (χ3v) is 9.71. The molecule has 2 amide bonds. The summed E-state index contributed by atoms with van der Waals surface area (Å²) in [6.45, 7) is 1.98. The van der Waals surface area contributed by atoms with Crippen molar-refractivity contribution in [2.45, 2.75) is 63.8 Å². The van der Waals surface area contributed by atoms with Gasteiger partial charge in [0.25, 0.3) is 0 Å². The molecule has 0 atom stereocenters. The number of ether oxygens (including phenoxy) is 1. The Morgan fingerprint density at radius 3 is 2.58 bits per heavy atom. The summed E-state index contributed by atoms with van der Waals surface area (Å²) < 4.78 is 7.29. The van der Waals surface area contributed by atoms with E-state index in [-0.39, 0.29) is 17.9 Å². The number of thiophene rings is 1. The maximum atomic E-state index is 12.2. The number of nitrogens with zero attached hydrogens (tertiary/aromatic N) is 3. The Morgan fingerprint density at radius 1 is 0.975 bits per heavy atom. The normalized spacial score (nSPS) is 20.7. The van der Waals surface area contributed by atoms with Gasteiger partial charge in [0.1, 0.15) is 0 Å². The number of carbonyl (C=O) groups excluding carboxylic acids is 2. The van der Waals surface area contributed by atoms with Crippen LogP contribution in [-0.4, -0.2) is 40.4 Å². The van der Waals surface area contributed by atoms with Crippen LogP contribution in [0.3, 0.4) is 0 Å². The number of amides is 2. The Hall–Kier alpha value is -3.26. The van der Waals surface area contributed by atoms with Crippen molar-refractivity contribution in [2.75, 3.05) is 11.4 Å². The maximum Gasteiger partial charge on any atom is 0.230 e. The molecule has 2 aromatic heterocycles. The van der Waals surface area contributed by atoms with Gasteiger partial charge in [-0.15, -0.1) is 11.3 Å². The lowest BCUT2D eigenvalue weighted by molar-refractivity contribution is -0.138. The molecule has 1 aliphatic carbocycles. The number of hydrogen-bond donors (Lipinski definition) is 0. The van der Waals surface area contributed by atoms with Gasteiger partial charge in [0.2, 0.25) is 11.8 Å². The molecule has 6 nitrogen and oxygen atoms in total. The molecule has 204 valence electrons. The number of rotatable bonds is 7. The molecule has 1 saturated carbocycles. The summed E-state index contributed by atoms with van der Waals surface area (Å²) in [5.74, 6) is -0.191. The number of fused-ring (bicyclic) bond motifs is 2. The molecular weight excluding hydrogens is 542 g/mol. The Bertz CT molecular complexity index is 1580. The standard InChI is InChI=1S/C32H30ClN3O3S/c33-22-13-21-7-4-12-35(23-15-24(16-23)39-19-20-5-2-1-3-6-20)31(21)27(14-22)26-10-11-34-28-17-25(40-32(26)28)18-36-29(37)8-9-30(36)38/h1-3,5-6,10-11,13-14,17,23-24H,4,7-9,12,15-16,18-19H2. The summed E-state index contributed by atoms with van der Waals surface area (Å²) in [6.07, 6.45) is 6.86. The third-order valence-electron chi connectivity index (χ3n) is 8.35. The first kappa shape index (κ1) is 25.7. The monoisotopic (exact) mass is 571 g/mol. The number of likely N-dealkylation sites (tertiary alicyclic amines) is 1. The highest BCUT2D eigenvalue weighted by Crippen LogP contribution is 2.46. The molecule has 0 N–H and O–H groups in total. The molecule has 0 unspecified atom stereocenters. The zero-order valence-electron chi connectivity index (χ0n) is 22.1. The number of pyridine rings is 1. The van der Waals surface area contributed by atoms with Crippen LogP contribution in [0, 0.1) is 0 Å². The minimum Gasteiger partial charge on any atom is -0.373 e. The molecular formula is C32H30ClN3O3S. The highest BCUT2D eigenvalue weighted by atomic mass is 35.5. The highest BCUT2D eigenvalue weighted by Gasteiger charge is 2.37.